The maximum atomic E-state index is 14.1. The molecule has 0 radical (unpaired) electrons. The Balaban J connectivity index is 1.42. The quantitative estimate of drug-likeness (QED) is 0.230. The predicted octanol–water partition coefficient (Wildman–Crippen LogP) is 1.91. The molecular weight excluding hydrogens is 556 g/mol. The maximum absolute atomic E-state index is 14.1. The topological polar surface area (TPSA) is 147 Å². The molecule has 1 aliphatic heterocycles. The molecule has 36 heavy (non-hydrogen) atoms. The molecule has 3 N–H and O–H groups in total. The van der Waals surface area contributed by atoms with Crippen LogP contribution in [0.5, 0.6) is 0 Å². The summed E-state index contributed by atoms with van der Waals surface area (Å²) >= 11 is 3.40. The largest absolute Gasteiger partial charge is 0.457 e. The summed E-state index contributed by atoms with van der Waals surface area (Å²) in [5, 5.41) is 13.7. The molecular formula is C20H26F4O9S3. The number of halogens is 4. The lowest BCUT2D eigenvalue weighted by molar-refractivity contribution is -0.218. The Hall–Kier alpha value is -0.810. The summed E-state index contributed by atoms with van der Waals surface area (Å²) in [6.07, 6.45) is -3.12. The highest BCUT2D eigenvalue weighted by molar-refractivity contribution is 8.18. The Morgan fingerprint density at radius 3 is 1.94 bits per heavy atom. The van der Waals surface area contributed by atoms with Crippen molar-refractivity contribution in [2.45, 2.75) is 53.0 Å². The highest BCUT2D eigenvalue weighted by Gasteiger charge is 2.73. The molecule has 3 unspecified atom stereocenters. The SMILES string of the molecule is O=C(COC(=O)C(F)(C(F)(F)F)S(=O)(=O)O)OC12CC3CC(C1)C1(SCC(CO)(CO)CS1)C(C3)C2. The van der Waals surface area contributed by atoms with Crippen LogP contribution < -0.4 is 0 Å². The molecule has 1 saturated heterocycles. The first kappa shape index (κ1) is 28.2. The van der Waals surface area contributed by atoms with Crippen molar-refractivity contribution >= 4 is 45.6 Å². The first-order valence-electron chi connectivity index (χ1n) is 11.2. The number of hydrogen-bond donors (Lipinski definition) is 3. The van der Waals surface area contributed by atoms with E-state index in [1.807, 2.05) is 0 Å². The smallest absolute Gasteiger partial charge is 0.451 e. The van der Waals surface area contributed by atoms with Crippen LogP contribution in [0.1, 0.15) is 32.1 Å². The lowest BCUT2D eigenvalue weighted by atomic mass is 9.53. The van der Waals surface area contributed by atoms with Crippen molar-refractivity contribution in [2.75, 3.05) is 31.3 Å². The lowest BCUT2D eigenvalue weighted by Crippen LogP contribution is -2.64. The molecule has 16 heteroatoms. The molecule has 0 aromatic carbocycles. The van der Waals surface area contributed by atoms with Gasteiger partial charge in [0.15, 0.2) is 6.61 Å². The fourth-order valence-electron chi connectivity index (χ4n) is 6.15. The minimum absolute atomic E-state index is 0.132. The van der Waals surface area contributed by atoms with Gasteiger partial charge in [-0.1, -0.05) is 0 Å². The van der Waals surface area contributed by atoms with Gasteiger partial charge >= 0.3 is 33.2 Å². The van der Waals surface area contributed by atoms with Gasteiger partial charge in [-0.3, -0.25) is 4.55 Å². The minimum atomic E-state index is -6.60. The lowest BCUT2D eigenvalue weighted by Gasteiger charge is -2.65. The van der Waals surface area contributed by atoms with Crippen LogP contribution in [0.3, 0.4) is 0 Å². The van der Waals surface area contributed by atoms with Gasteiger partial charge in [-0.15, -0.1) is 23.5 Å². The molecule has 4 aliphatic carbocycles. The van der Waals surface area contributed by atoms with Crippen molar-refractivity contribution in [3.05, 3.63) is 0 Å². The van der Waals surface area contributed by atoms with Crippen molar-refractivity contribution in [3.63, 3.8) is 0 Å². The van der Waals surface area contributed by atoms with Gasteiger partial charge in [-0.05, 0) is 49.9 Å². The van der Waals surface area contributed by atoms with Crippen LogP contribution >= 0.6 is 23.5 Å². The van der Waals surface area contributed by atoms with E-state index in [1.54, 1.807) is 23.5 Å². The van der Waals surface area contributed by atoms with Gasteiger partial charge in [-0.25, -0.2) is 14.0 Å². The normalized spacial score (nSPS) is 34.2. The van der Waals surface area contributed by atoms with E-state index >= 15 is 0 Å². The third-order valence-corrected chi connectivity index (χ3v) is 13.3. The van der Waals surface area contributed by atoms with Crippen LogP contribution in [-0.4, -0.2) is 87.3 Å². The first-order chi connectivity index (χ1) is 16.6. The van der Waals surface area contributed by atoms with E-state index in [0.29, 0.717) is 30.8 Å². The molecule has 5 rings (SSSR count). The summed E-state index contributed by atoms with van der Waals surface area (Å²) in [5.41, 5.74) is -1.51. The van der Waals surface area contributed by atoms with E-state index in [0.717, 1.165) is 12.8 Å². The Morgan fingerprint density at radius 2 is 1.50 bits per heavy atom. The van der Waals surface area contributed by atoms with E-state index in [1.165, 1.54) is 0 Å². The average molecular weight is 583 g/mol. The summed E-state index contributed by atoms with van der Waals surface area (Å²) in [5.74, 6) is -2.57. The minimum Gasteiger partial charge on any atom is -0.457 e. The number of aliphatic hydroxyl groups is 2. The fraction of sp³-hybridized carbons (Fsp3) is 0.900. The molecule has 1 heterocycles. The molecule has 5 fully saturated rings. The van der Waals surface area contributed by atoms with Crippen LogP contribution in [0.2, 0.25) is 0 Å². The van der Waals surface area contributed by atoms with Gasteiger partial charge in [0.05, 0.1) is 17.3 Å². The Kier molecular flexibility index (Phi) is 7.16. The zero-order chi connectivity index (χ0) is 26.8. The summed E-state index contributed by atoms with van der Waals surface area (Å²) < 4.78 is 92.5. The van der Waals surface area contributed by atoms with Crippen LogP contribution in [0.4, 0.5) is 17.6 Å². The van der Waals surface area contributed by atoms with E-state index in [2.05, 4.69) is 4.74 Å². The third kappa shape index (κ3) is 4.42. The number of ether oxygens (including phenoxy) is 2. The second kappa shape index (κ2) is 9.14. The summed E-state index contributed by atoms with van der Waals surface area (Å²) in [7, 11) is -6.60. The second-order valence-corrected chi connectivity index (χ2v) is 14.5. The number of carbonyl (C=O) groups is 2. The van der Waals surface area contributed by atoms with Crippen LogP contribution in [-0.2, 0) is 29.2 Å². The van der Waals surface area contributed by atoms with Crippen molar-refractivity contribution in [1.29, 1.82) is 0 Å². The van der Waals surface area contributed by atoms with Gasteiger partial charge < -0.3 is 19.7 Å². The van der Waals surface area contributed by atoms with Gasteiger partial charge in [0.2, 0.25) is 0 Å². The van der Waals surface area contributed by atoms with Crippen LogP contribution in [0, 0.1) is 23.2 Å². The van der Waals surface area contributed by atoms with Crippen molar-refractivity contribution < 1.29 is 59.8 Å². The fourth-order valence-corrected chi connectivity index (χ4v) is 10.8. The molecule has 0 amide bonds. The van der Waals surface area contributed by atoms with Gasteiger partial charge in [0.25, 0.3) is 0 Å². The molecule has 0 aromatic rings. The van der Waals surface area contributed by atoms with Crippen LogP contribution in [0.15, 0.2) is 0 Å². The third-order valence-electron chi connectivity index (χ3n) is 7.78. The zero-order valence-electron chi connectivity index (χ0n) is 18.8. The summed E-state index contributed by atoms with van der Waals surface area (Å²) in [6.45, 7) is -1.73. The van der Waals surface area contributed by atoms with Gasteiger partial charge in [0.1, 0.15) is 5.60 Å². The molecule has 9 nitrogen and oxygen atoms in total. The van der Waals surface area contributed by atoms with Crippen molar-refractivity contribution in [2.24, 2.45) is 23.2 Å². The molecule has 4 bridgehead atoms. The van der Waals surface area contributed by atoms with E-state index < -0.39 is 50.9 Å². The number of aliphatic hydroxyl groups excluding tert-OH is 2. The van der Waals surface area contributed by atoms with Crippen molar-refractivity contribution in [1.82, 2.24) is 0 Å². The summed E-state index contributed by atoms with van der Waals surface area (Å²) in [4.78, 5) is 24.0. The average Bonchev–Trinajstić information content (AvgIpc) is 2.78. The second-order valence-electron chi connectivity index (χ2n) is 10.3. The van der Waals surface area contributed by atoms with E-state index in [9.17, 15) is 45.8 Å². The monoisotopic (exact) mass is 582 g/mol. The molecule has 0 aromatic heterocycles. The zero-order valence-corrected chi connectivity index (χ0v) is 21.3. The van der Waals surface area contributed by atoms with Crippen molar-refractivity contribution in [3.8, 4) is 0 Å². The number of alkyl halides is 4. The Morgan fingerprint density at radius 1 is 0.972 bits per heavy atom. The van der Waals surface area contributed by atoms with Gasteiger partial charge in [-0.2, -0.15) is 21.6 Å². The number of rotatable bonds is 7. The maximum Gasteiger partial charge on any atom is 0.451 e. The molecule has 3 atom stereocenters. The predicted molar refractivity (Wildman–Crippen MR) is 119 cm³/mol. The van der Waals surface area contributed by atoms with Gasteiger partial charge in [0, 0.05) is 16.9 Å². The Bertz CT molecular complexity index is 988. The van der Waals surface area contributed by atoms with E-state index in [4.69, 9.17) is 9.29 Å². The highest BCUT2D eigenvalue weighted by Crippen LogP contribution is 2.70. The number of hydrogen-bond acceptors (Lipinski definition) is 10. The standard InChI is InChI=1S/C20H26F4O9S3/c21-19(20(22,23)24,36(29,30)31)15(28)32-6-14(27)33-17-3-11-1-12(4-17)18(13(2-11)5-17)34-9-16(7-25,8-26)10-35-18/h11-13,25-26H,1-10H2,(H,29,30,31). The molecule has 4 saturated carbocycles. The first-order valence-corrected chi connectivity index (χ1v) is 14.6. The molecule has 5 aliphatic rings. The highest BCUT2D eigenvalue weighted by atomic mass is 32.2. The Labute approximate surface area is 212 Å². The molecule has 206 valence electrons. The summed E-state index contributed by atoms with van der Waals surface area (Å²) in [6, 6.07) is 0. The van der Waals surface area contributed by atoms with E-state index in [-0.39, 0.29) is 35.0 Å². The number of carbonyl (C=O) groups excluding carboxylic acids is 2. The van der Waals surface area contributed by atoms with Crippen LogP contribution in [0.25, 0.3) is 0 Å². The number of thioether (sulfide) groups is 2. The number of esters is 2. The molecule has 1 spiro atoms.